The molecule has 254 valence electrons. The number of benzene rings is 2. The first-order chi connectivity index (χ1) is 22.7. The number of nitrogens with zero attached hydrogens (tertiary/aromatic N) is 2. The number of carbonyl (C=O) groups is 2. The van der Waals surface area contributed by atoms with Crippen LogP contribution in [0.1, 0.15) is 59.8 Å². The zero-order valence-electron chi connectivity index (χ0n) is 28.1. The molecule has 0 saturated heterocycles. The Hall–Kier alpha value is -4.23. The van der Waals surface area contributed by atoms with Gasteiger partial charge in [0.2, 0.25) is 5.91 Å². The highest BCUT2D eigenvalue weighted by Crippen LogP contribution is 2.24. The van der Waals surface area contributed by atoms with Crippen LogP contribution in [0.25, 0.3) is 6.08 Å². The van der Waals surface area contributed by atoms with E-state index in [9.17, 15) is 27.0 Å². The van der Waals surface area contributed by atoms with E-state index >= 15 is 0 Å². The summed E-state index contributed by atoms with van der Waals surface area (Å²) in [7, 11) is -3.40. The van der Waals surface area contributed by atoms with Gasteiger partial charge in [-0.1, -0.05) is 43.9 Å². The highest BCUT2D eigenvalue weighted by atomic mass is 28.3. The first-order valence-corrected chi connectivity index (χ1v) is 19.3. The lowest BCUT2D eigenvalue weighted by molar-refractivity contribution is -0.126. The van der Waals surface area contributed by atoms with E-state index in [0.29, 0.717) is 48.5 Å². The fraction of sp³-hybridized carbons (Fsp3) is 0.343. The smallest absolute Gasteiger partial charge is 0.380 e. The van der Waals surface area contributed by atoms with Crippen LogP contribution >= 0.6 is 0 Å². The predicted molar refractivity (Wildman–Crippen MR) is 186 cm³/mol. The lowest BCUT2D eigenvalue weighted by atomic mass is 10.0. The molecule has 2 aromatic carbocycles. The highest BCUT2D eigenvalue weighted by Gasteiger charge is 2.28. The second kappa shape index (κ2) is 15.8. The molecule has 0 aliphatic carbocycles. The Morgan fingerprint density at radius 2 is 1.69 bits per heavy atom. The van der Waals surface area contributed by atoms with Crippen LogP contribution < -0.4 is 15.8 Å². The fourth-order valence-corrected chi connectivity index (χ4v) is 7.31. The van der Waals surface area contributed by atoms with Crippen molar-refractivity contribution in [2.24, 2.45) is 4.99 Å². The third kappa shape index (κ3) is 9.22. The van der Waals surface area contributed by atoms with Gasteiger partial charge in [0, 0.05) is 41.5 Å². The van der Waals surface area contributed by atoms with Crippen LogP contribution in [0.5, 0.6) is 0 Å². The predicted octanol–water partition coefficient (Wildman–Crippen LogP) is 7.26. The average molecular weight is 681 g/mol. The van der Waals surface area contributed by atoms with E-state index in [2.05, 4.69) is 15.6 Å². The Labute approximate surface area is 280 Å². The van der Waals surface area contributed by atoms with Crippen molar-refractivity contribution < 1.29 is 31.7 Å². The van der Waals surface area contributed by atoms with Crippen molar-refractivity contribution in [1.29, 1.82) is 0 Å². The fourth-order valence-electron chi connectivity index (χ4n) is 5.74. The van der Waals surface area contributed by atoms with Crippen molar-refractivity contribution in [3.63, 3.8) is 0 Å². The number of aryl methyl sites for hydroxylation is 2. The molecular weight excluding hydrogens is 639 g/mol. The lowest BCUT2D eigenvalue weighted by Gasteiger charge is -2.21. The second-order valence-electron chi connectivity index (χ2n) is 12.9. The molecule has 1 aromatic heterocycles. The van der Waals surface area contributed by atoms with Gasteiger partial charge in [-0.3, -0.25) is 23.2 Å². The molecule has 48 heavy (non-hydrogen) atoms. The Morgan fingerprint density at radius 1 is 1.02 bits per heavy atom. The van der Waals surface area contributed by atoms with E-state index in [1.54, 1.807) is 63.4 Å². The van der Waals surface area contributed by atoms with Gasteiger partial charge in [-0.2, -0.15) is 0 Å². The van der Waals surface area contributed by atoms with Gasteiger partial charge in [-0.25, -0.2) is 8.78 Å². The van der Waals surface area contributed by atoms with Crippen LogP contribution in [0.4, 0.5) is 23.1 Å². The number of halogens is 4. The van der Waals surface area contributed by atoms with E-state index in [0.717, 1.165) is 33.4 Å². The maximum Gasteiger partial charge on any atom is 0.677 e. The number of amides is 2. The summed E-state index contributed by atoms with van der Waals surface area (Å²) in [5.41, 5.74) is 4.29. The van der Waals surface area contributed by atoms with Crippen LogP contribution in [0.2, 0.25) is 19.6 Å². The van der Waals surface area contributed by atoms with E-state index in [1.807, 2.05) is 25.7 Å². The monoisotopic (exact) mass is 680 g/mol. The van der Waals surface area contributed by atoms with Crippen LogP contribution in [0.3, 0.4) is 0 Å². The highest BCUT2D eigenvalue weighted by molar-refractivity contribution is 6.88. The molecule has 1 aliphatic rings. The number of nitrogens with one attached hydrogen (secondary N) is 2. The number of anilines is 1. The summed E-state index contributed by atoms with van der Waals surface area (Å²) >= 11 is 0. The molecule has 7 nitrogen and oxygen atoms in total. The summed E-state index contributed by atoms with van der Waals surface area (Å²) in [5.74, 6) is -2.45. The Kier molecular flexibility index (Phi) is 12.0. The molecule has 2 amide bonds. The molecule has 2 heterocycles. The zero-order chi connectivity index (χ0) is 35.2. The van der Waals surface area contributed by atoms with Crippen molar-refractivity contribution in [2.45, 2.75) is 71.8 Å². The summed E-state index contributed by atoms with van der Waals surface area (Å²) in [5, 5.41) is 5.40. The number of rotatable bonds is 14. The molecule has 2 N–H and O–H groups in total. The lowest BCUT2D eigenvalue weighted by Crippen LogP contribution is -2.42. The minimum absolute atomic E-state index is 0.0428. The maximum absolute atomic E-state index is 14.9. The van der Waals surface area contributed by atoms with E-state index in [1.165, 1.54) is 0 Å². The number of methoxy groups -OCH3 is 1. The van der Waals surface area contributed by atoms with Crippen LogP contribution in [-0.4, -0.2) is 44.6 Å². The Balaban J connectivity index is 1.39. The van der Waals surface area contributed by atoms with E-state index in [4.69, 9.17) is 4.74 Å². The van der Waals surface area contributed by atoms with Gasteiger partial charge < -0.3 is 19.8 Å². The molecule has 1 unspecified atom stereocenters. The second-order valence-corrected chi connectivity index (χ2v) is 17.9. The van der Waals surface area contributed by atoms with Crippen molar-refractivity contribution in [1.82, 2.24) is 9.79 Å². The molecule has 0 fully saturated rings. The summed E-state index contributed by atoms with van der Waals surface area (Å²) in [4.78, 5) is 31.0. The van der Waals surface area contributed by atoms with Gasteiger partial charge in [0.15, 0.2) is 0 Å². The molecule has 1 atom stereocenters. The normalized spacial score (nSPS) is 14.3. The van der Waals surface area contributed by atoms with Gasteiger partial charge in [0.05, 0.1) is 20.4 Å². The molecule has 0 radical (unpaired) electrons. The minimum atomic E-state index is -2.65. The molecule has 4 rings (SSSR count). The Bertz CT molecular complexity index is 1720. The van der Waals surface area contributed by atoms with Gasteiger partial charge in [0.25, 0.3) is 5.91 Å². The summed E-state index contributed by atoms with van der Waals surface area (Å²) < 4.78 is 63.0. The van der Waals surface area contributed by atoms with Gasteiger partial charge in [0.1, 0.15) is 17.7 Å². The number of hydrogen-bond donors (Lipinski definition) is 2. The van der Waals surface area contributed by atoms with Crippen LogP contribution in [-0.2, 0) is 20.9 Å². The maximum atomic E-state index is 14.9. The molecular formula is C35H41BF4N4O3Si. The van der Waals surface area contributed by atoms with Gasteiger partial charge >= 0.3 is 7.40 Å². The van der Waals surface area contributed by atoms with E-state index < -0.39 is 39.1 Å². The van der Waals surface area contributed by atoms with Crippen molar-refractivity contribution in [3.05, 3.63) is 100 Å². The zero-order valence-corrected chi connectivity index (χ0v) is 29.1. The summed E-state index contributed by atoms with van der Waals surface area (Å²) in [6.07, 6.45) is 7.07. The van der Waals surface area contributed by atoms with E-state index in [-0.39, 0.29) is 23.2 Å². The van der Waals surface area contributed by atoms with Crippen LogP contribution in [0, 0.1) is 25.5 Å². The van der Waals surface area contributed by atoms with Gasteiger partial charge in [-0.05, 0) is 86.2 Å². The summed E-state index contributed by atoms with van der Waals surface area (Å²) in [6.45, 7) is 9.28. The number of ether oxygens (including phenoxy) is 1. The van der Waals surface area contributed by atoms with Crippen molar-refractivity contribution in [2.75, 3.05) is 12.4 Å². The largest absolute Gasteiger partial charge is 0.677 e. The molecule has 0 bridgehead atoms. The molecule has 0 spiro atoms. The number of aromatic nitrogens is 1. The number of carbonyl (C=O) groups excluding carboxylic acids is 2. The van der Waals surface area contributed by atoms with Crippen molar-refractivity contribution >= 4 is 50.0 Å². The molecule has 0 saturated carbocycles. The molecule has 13 heteroatoms. The summed E-state index contributed by atoms with van der Waals surface area (Å²) in [6, 6.07) is 9.76. The first-order valence-electron chi connectivity index (χ1n) is 15.8. The Morgan fingerprint density at radius 3 is 2.29 bits per heavy atom. The topological polar surface area (TPSA) is 84.7 Å². The third-order valence-electron chi connectivity index (χ3n) is 8.01. The number of unbranched alkanes of at least 4 members (excludes halogenated alkanes) is 1. The standard InChI is InChI=1S/C35H41BF4N4O3Si/c1-22-17-23(2)44(36(39)40)31(22)20-27-16-15-26(41-27)9-7-8-10-32(45)43-33(25-13-11-24(12-14-25)21-47-3)35(46)42-28-18-29(37)34(30(38)19-28)48(4,5)6/h11-20,33H,7-10,21H2,1-6H3,(H,42,46)(H,43,45)/b27-20-. The number of aliphatic imine (C=N–C) groups is 1. The third-order valence-corrected chi connectivity index (χ3v) is 9.98. The molecule has 3 aromatic rings. The minimum Gasteiger partial charge on any atom is -0.380 e. The number of allylic oxidation sites excluding steroid dienone is 2. The van der Waals surface area contributed by atoms with Crippen molar-refractivity contribution in [3.8, 4) is 0 Å². The van der Waals surface area contributed by atoms with Crippen LogP contribution in [0.15, 0.2) is 65.3 Å². The molecule has 1 aliphatic heterocycles. The number of hydrogen-bond acceptors (Lipinski definition) is 4. The first kappa shape index (κ1) is 36.6. The SMILES string of the molecule is COCc1ccc(C(NC(=O)CCCCC2=N/C(=C\c3c(C)cc(C)n3B(F)F)C=C2)C(=O)Nc2cc(F)c([Si](C)(C)C)c(F)c2)cc1. The quantitative estimate of drug-likeness (QED) is 0.107. The average Bonchev–Trinajstić information content (AvgIpc) is 3.55. The van der Waals surface area contributed by atoms with Gasteiger partial charge in [-0.15, -0.1) is 0 Å².